The second-order valence-corrected chi connectivity index (χ2v) is 4.34. The normalized spacial score (nSPS) is 27.3. The largest absolute Gasteiger partial charge is 0.481 e. The lowest BCUT2D eigenvalue weighted by molar-refractivity contribution is -0.138. The third-order valence-corrected chi connectivity index (χ3v) is 2.95. The number of carbonyl (C=O) groups excluding carboxylic acids is 1. The lowest BCUT2D eigenvalue weighted by Gasteiger charge is -2.17. The molecule has 1 atom stereocenters. The van der Waals surface area contributed by atoms with Gasteiger partial charge in [0.2, 0.25) is 5.91 Å². The SMILES string of the molecule is O=C(O)CC1(NC(=O)C2CCCO2)CC1. The molecule has 2 N–H and O–H groups in total. The summed E-state index contributed by atoms with van der Waals surface area (Å²) >= 11 is 0. The molecule has 0 bridgehead atoms. The molecule has 15 heavy (non-hydrogen) atoms. The zero-order valence-electron chi connectivity index (χ0n) is 8.49. The number of hydrogen-bond acceptors (Lipinski definition) is 3. The first-order valence-electron chi connectivity index (χ1n) is 5.27. The van der Waals surface area contributed by atoms with Crippen molar-refractivity contribution in [2.45, 2.75) is 43.7 Å². The van der Waals surface area contributed by atoms with Crippen LogP contribution in [-0.2, 0) is 14.3 Å². The second kappa shape index (κ2) is 3.81. The Kier molecular flexibility index (Phi) is 2.65. The molecule has 1 aliphatic carbocycles. The van der Waals surface area contributed by atoms with Crippen LogP contribution in [0, 0.1) is 0 Å². The minimum Gasteiger partial charge on any atom is -0.481 e. The van der Waals surface area contributed by atoms with Gasteiger partial charge in [-0.2, -0.15) is 0 Å². The molecule has 1 aliphatic heterocycles. The van der Waals surface area contributed by atoms with Crippen LogP contribution in [0.4, 0.5) is 0 Å². The van der Waals surface area contributed by atoms with Crippen LogP contribution in [0.15, 0.2) is 0 Å². The molecule has 1 unspecified atom stereocenters. The van der Waals surface area contributed by atoms with E-state index in [1.54, 1.807) is 0 Å². The van der Waals surface area contributed by atoms with Gasteiger partial charge < -0.3 is 15.2 Å². The van der Waals surface area contributed by atoms with E-state index >= 15 is 0 Å². The maximum Gasteiger partial charge on any atom is 0.305 e. The minimum atomic E-state index is -0.861. The molecule has 84 valence electrons. The van der Waals surface area contributed by atoms with Gasteiger partial charge in [-0.1, -0.05) is 0 Å². The van der Waals surface area contributed by atoms with Gasteiger partial charge in [-0.3, -0.25) is 9.59 Å². The van der Waals surface area contributed by atoms with Crippen molar-refractivity contribution in [3.63, 3.8) is 0 Å². The summed E-state index contributed by atoms with van der Waals surface area (Å²) in [5, 5.41) is 11.5. The monoisotopic (exact) mass is 213 g/mol. The number of aliphatic carboxylic acids is 1. The molecule has 0 aromatic rings. The highest BCUT2D eigenvalue weighted by molar-refractivity contribution is 5.83. The van der Waals surface area contributed by atoms with E-state index in [0.717, 1.165) is 25.7 Å². The molecule has 1 saturated carbocycles. The van der Waals surface area contributed by atoms with E-state index < -0.39 is 11.5 Å². The van der Waals surface area contributed by atoms with Crippen molar-refractivity contribution in [1.82, 2.24) is 5.32 Å². The van der Waals surface area contributed by atoms with Crippen molar-refractivity contribution in [2.75, 3.05) is 6.61 Å². The molecular formula is C10H15NO4. The molecule has 0 aromatic heterocycles. The van der Waals surface area contributed by atoms with Crippen LogP contribution < -0.4 is 5.32 Å². The van der Waals surface area contributed by atoms with Gasteiger partial charge in [-0.15, -0.1) is 0 Å². The predicted molar refractivity (Wildman–Crippen MR) is 51.3 cm³/mol. The first-order valence-corrected chi connectivity index (χ1v) is 5.27. The van der Waals surface area contributed by atoms with Crippen molar-refractivity contribution < 1.29 is 19.4 Å². The third-order valence-electron chi connectivity index (χ3n) is 2.95. The molecule has 1 amide bonds. The van der Waals surface area contributed by atoms with Crippen LogP contribution in [0.3, 0.4) is 0 Å². The van der Waals surface area contributed by atoms with Gasteiger partial charge in [0.05, 0.1) is 12.0 Å². The third kappa shape index (κ3) is 2.47. The highest BCUT2D eigenvalue weighted by Crippen LogP contribution is 2.38. The average Bonchev–Trinajstić information content (AvgIpc) is 2.68. The smallest absolute Gasteiger partial charge is 0.305 e. The average molecular weight is 213 g/mol. The van der Waals surface area contributed by atoms with Gasteiger partial charge in [-0.25, -0.2) is 0 Å². The van der Waals surface area contributed by atoms with E-state index in [9.17, 15) is 9.59 Å². The Bertz CT molecular complexity index is 279. The molecule has 0 aromatic carbocycles. The Morgan fingerprint density at radius 3 is 2.67 bits per heavy atom. The quantitative estimate of drug-likeness (QED) is 0.703. The molecule has 5 heteroatoms. The van der Waals surface area contributed by atoms with Gasteiger partial charge in [-0.05, 0) is 25.7 Å². The molecule has 0 spiro atoms. The van der Waals surface area contributed by atoms with Crippen LogP contribution in [0.2, 0.25) is 0 Å². The van der Waals surface area contributed by atoms with E-state index in [2.05, 4.69) is 5.32 Å². The van der Waals surface area contributed by atoms with Gasteiger partial charge in [0.25, 0.3) is 0 Å². The number of rotatable bonds is 4. The summed E-state index contributed by atoms with van der Waals surface area (Å²) < 4.78 is 5.23. The molecule has 0 radical (unpaired) electrons. The molecule has 5 nitrogen and oxygen atoms in total. The number of nitrogens with one attached hydrogen (secondary N) is 1. The van der Waals surface area contributed by atoms with Crippen LogP contribution in [0.1, 0.15) is 32.1 Å². The van der Waals surface area contributed by atoms with E-state index in [-0.39, 0.29) is 18.4 Å². The van der Waals surface area contributed by atoms with E-state index in [1.807, 2.05) is 0 Å². The highest BCUT2D eigenvalue weighted by Gasteiger charge is 2.46. The maximum atomic E-state index is 11.7. The van der Waals surface area contributed by atoms with Gasteiger partial charge >= 0.3 is 5.97 Å². The summed E-state index contributed by atoms with van der Waals surface area (Å²) in [7, 11) is 0. The Hall–Kier alpha value is -1.10. The lowest BCUT2D eigenvalue weighted by Crippen LogP contribution is -2.43. The summed E-state index contributed by atoms with van der Waals surface area (Å²) in [5.74, 6) is -1.01. The molecule has 1 heterocycles. The van der Waals surface area contributed by atoms with E-state index in [0.29, 0.717) is 6.61 Å². The number of carboxylic acids is 1. The Morgan fingerprint density at radius 1 is 1.47 bits per heavy atom. The fraction of sp³-hybridized carbons (Fsp3) is 0.800. The Balaban J connectivity index is 1.85. The Morgan fingerprint density at radius 2 is 2.20 bits per heavy atom. The van der Waals surface area contributed by atoms with Crippen LogP contribution >= 0.6 is 0 Å². The molecule has 2 aliphatic rings. The van der Waals surface area contributed by atoms with E-state index in [4.69, 9.17) is 9.84 Å². The summed E-state index contributed by atoms with van der Waals surface area (Å²) in [4.78, 5) is 22.2. The standard InChI is InChI=1S/C10H15NO4/c12-8(13)6-10(3-4-10)11-9(14)7-2-1-5-15-7/h7H,1-6H2,(H,11,14)(H,12,13). The molecular weight excluding hydrogens is 198 g/mol. The fourth-order valence-electron chi connectivity index (χ4n) is 1.91. The number of hydrogen-bond donors (Lipinski definition) is 2. The van der Waals surface area contributed by atoms with Crippen molar-refractivity contribution >= 4 is 11.9 Å². The second-order valence-electron chi connectivity index (χ2n) is 4.34. The number of carboxylic acid groups (broad SMARTS) is 1. The zero-order chi connectivity index (χ0) is 10.9. The van der Waals surface area contributed by atoms with Gasteiger partial charge in [0, 0.05) is 6.61 Å². The van der Waals surface area contributed by atoms with Gasteiger partial charge in [0.1, 0.15) is 6.10 Å². The summed E-state index contributed by atoms with van der Waals surface area (Å²) in [6, 6.07) is 0. The van der Waals surface area contributed by atoms with Crippen LogP contribution in [0.5, 0.6) is 0 Å². The maximum absolute atomic E-state index is 11.7. The summed E-state index contributed by atoms with van der Waals surface area (Å²) in [6.45, 7) is 0.629. The summed E-state index contributed by atoms with van der Waals surface area (Å²) in [5.41, 5.74) is -0.477. The lowest BCUT2D eigenvalue weighted by atomic mass is 10.1. The number of carbonyl (C=O) groups is 2. The first-order chi connectivity index (χ1) is 7.11. The zero-order valence-corrected chi connectivity index (χ0v) is 8.49. The predicted octanol–water partition coefficient (Wildman–Crippen LogP) is 0.289. The fourth-order valence-corrected chi connectivity index (χ4v) is 1.91. The van der Waals surface area contributed by atoms with Crippen molar-refractivity contribution in [3.05, 3.63) is 0 Å². The highest BCUT2D eigenvalue weighted by atomic mass is 16.5. The van der Waals surface area contributed by atoms with Crippen LogP contribution in [-0.4, -0.2) is 35.2 Å². The van der Waals surface area contributed by atoms with Crippen LogP contribution in [0.25, 0.3) is 0 Å². The molecule has 2 rings (SSSR count). The number of amides is 1. The van der Waals surface area contributed by atoms with Gasteiger partial charge in [0.15, 0.2) is 0 Å². The number of ether oxygens (including phenoxy) is 1. The van der Waals surface area contributed by atoms with Crippen molar-refractivity contribution in [1.29, 1.82) is 0 Å². The topological polar surface area (TPSA) is 75.6 Å². The van der Waals surface area contributed by atoms with Crippen molar-refractivity contribution in [3.8, 4) is 0 Å². The summed E-state index contributed by atoms with van der Waals surface area (Å²) in [6.07, 6.45) is 2.83. The molecule has 2 fully saturated rings. The van der Waals surface area contributed by atoms with E-state index in [1.165, 1.54) is 0 Å². The molecule has 1 saturated heterocycles. The minimum absolute atomic E-state index is 0.0193. The Labute approximate surface area is 87.8 Å². The first kappa shape index (κ1) is 10.4. The van der Waals surface area contributed by atoms with Crippen molar-refractivity contribution in [2.24, 2.45) is 0 Å².